The van der Waals surface area contributed by atoms with Crippen LogP contribution in [-0.4, -0.2) is 43.6 Å². The van der Waals surface area contributed by atoms with Crippen molar-refractivity contribution in [1.82, 2.24) is 24.6 Å². The Bertz CT molecular complexity index is 1460. The average Bonchev–Trinajstić information content (AvgIpc) is 3.50. The second-order valence-corrected chi connectivity index (χ2v) is 9.27. The predicted octanol–water partition coefficient (Wildman–Crippen LogP) is 3.72. The maximum Gasteiger partial charge on any atom is 0.348 e. The van der Waals surface area contributed by atoms with Gasteiger partial charge in [-0.25, -0.2) is 18.9 Å². The van der Waals surface area contributed by atoms with Gasteiger partial charge in [0.25, 0.3) is 0 Å². The zero-order valence-electron chi connectivity index (χ0n) is 18.6. The number of H-pyrrole nitrogens is 1. The molecule has 6 rings (SSSR count). The van der Waals surface area contributed by atoms with Gasteiger partial charge in [0.15, 0.2) is 0 Å². The number of hydrogen-bond donors (Lipinski definition) is 1. The Morgan fingerprint density at radius 1 is 1.09 bits per heavy atom. The van der Waals surface area contributed by atoms with E-state index in [1.54, 1.807) is 12.3 Å². The van der Waals surface area contributed by atoms with Gasteiger partial charge < -0.3 is 4.90 Å². The van der Waals surface area contributed by atoms with Crippen LogP contribution in [0.15, 0.2) is 59.5 Å². The molecule has 1 aliphatic carbocycles. The fraction of sp³-hybridized carbons (Fsp3) is 0.308. The molecule has 4 aromatic rings. The topological polar surface area (TPSA) is 83.9 Å². The second kappa shape index (κ2) is 8.20. The van der Waals surface area contributed by atoms with E-state index in [-0.39, 0.29) is 23.4 Å². The molecule has 2 aliphatic rings. The van der Waals surface area contributed by atoms with E-state index in [0.29, 0.717) is 18.8 Å². The van der Waals surface area contributed by atoms with E-state index in [1.807, 2.05) is 41.3 Å². The van der Waals surface area contributed by atoms with Crippen LogP contribution in [-0.2, 0) is 11.2 Å². The number of nitrogens with one attached hydrogen (secondary N) is 1. The van der Waals surface area contributed by atoms with Gasteiger partial charge in [-0.1, -0.05) is 18.2 Å². The van der Waals surface area contributed by atoms with Crippen molar-refractivity contribution in [3.05, 3.63) is 76.9 Å². The Morgan fingerprint density at radius 2 is 1.91 bits per heavy atom. The highest BCUT2D eigenvalue weighted by Crippen LogP contribution is 2.33. The molecule has 1 N–H and O–H groups in total. The molecule has 0 bridgehead atoms. The minimum atomic E-state index is -0.495. The van der Waals surface area contributed by atoms with Gasteiger partial charge in [-0.3, -0.25) is 9.78 Å². The summed E-state index contributed by atoms with van der Waals surface area (Å²) in [6.45, 7) is 1.40. The molecule has 0 unspecified atom stereocenters. The summed E-state index contributed by atoms with van der Waals surface area (Å²) in [7, 11) is 0. The Hall–Kier alpha value is -3.81. The quantitative estimate of drug-likeness (QED) is 0.495. The number of aromatic nitrogens is 4. The third-order valence-corrected chi connectivity index (χ3v) is 6.86. The van der Waals surface area contributed by atoms with Crippen LogP contribution in [0.4, 0.5) is 4.39 Å². The fourth-order valence-corrected chi connectivity index (χ4v) is 4.88. The lowest BCUT2D eigenvalue weighted by Crippen LogP contribution is -2.30. The van der Waals surface area contributed by atoms with E-state index >= 15 is 4.39 Å². The van der Waals surface area contributed by atoms with Crippen molar-refractivity contribution in [2.75, 3.05) is 13.1 Å². The standard InChI is InChI=1S/C26H24FN5O2/c27-21-14-19(18-5-7-22-20(13-18)2-1-10-28-22)6-8-23(21)32-24(29-30-26(32)34)12-16-9-11-31(15-16)25(33)17-3-4-17/h1-2,5-8,10,13-14,16-17H,3-4,9,11-12,15H2,(H,30,34)/t16-/m0/s1. The first kappa shape index (κ1) is 20.8. The highest BCUT2D eigenvalue weighted by atomic mass is 19.1. The molecule has 0 spiro atoms. The number of aromatic amines is 1. The molecule has 1 aliphatic heterocycles. The number of likely N-dealkylation sites (tertiary alicyclic amines) is 1. The van der Waals surface area contributed by atoms with Gasteiger partial charge in [-0.2, -0.15) is 5.10 Å². The largest absolute Gasteiger partial charge is 0.348 e. The monoisotopic (exact) mass is 457 g/mol. The maximum absolute atomic E-state index is 15.3. The maximum atomic E-state index is 15.3. The Labute approximate surface area is 195 Å². The Kier molecular flexibility index (Phi) is 5.01. The summed E-state index contributed by atoms with van der Waals surface area (Å²) in [5.41, 5.74) is 2.17. The van der Waals surface area contributed by atoms with Crippen molar-refractivity contribution in [3.63, 3.8) is 0 Å². The number of benzene rings is 2. The molecule has 7 nitrogen and oxygen atoms in total. The van der Waals surface area contributed by atoms with Crippen LogP contribution < -0.4 is 5.69 Å². The number of halogens is 1. The van der Waals surface area contributed by atoms with Crippen LogP contribution in [0.5, 0.6) is 0 Å². The molecule has 1 atom stereocenters. The number of hydrogen-bond acceptors (Lipinski definition) is 4. The molecule has 172 valence electrons. The van der Waals surface area contributed by atoms with E-state index in [4.69, 9.17) is 0 Å². The fourth-order valence-electron chi connectivity index (χ4n) is 4.88. The highest BCUT2D eigenvalue weighted by Gasteiger charge is 2.37. The van der Waals surface area contributed by atoms with E-state index < -0.39 is 11.5 Å². The first-order chi connectivity index (χ1) is 16.6. The number of amides is 1. The number of pyridine rings is 1. The molecule has 1 amide bonds. The van der Waals surface area contributed by atoms with Crippen LogP contribution in [0, 0.1) is 17.7 Å². The van der Waals surface area contributed by atoms with Crippen LogP contribution in [0.25, 0.3) is 27.7 Å². The molecule has 3 heterocycles. The van der Waals surface area contributed by atoms with E-state index in [2.05, 4.69) is 15.2 Å². The second-order valence-electron chi connectivity index (χ2n) is 9.27. The first-order valence-corrected chi connectivity index (χ1v) is 11.7. The Balaban J connectivity index is 1.26. The Morgan fingerprint density at radius 3 is 2.74 bits per heavy atom. The molecule has 1 saturated carbocycles. The summed E-state index contributed by atoms with van der Waals surface area (Å²) < 4.78 is 16.6. The van der Waals surface area contributed by atoms with Gasteiger partial charge in [-0.05, 0) is 66.6 Å². The van der Waals surface area contributed by atoms with Gasteiger partial charge in [0.2, 0.25) is 5.91 Å². The van der Waals surface area contributed by atoms with Crippen molar-refractivity contribution >= 4 is 16.8 Å². The van der Waals surface area contributed by atoms with Crippen LogP contribution in [0.2, 0.25) is 0 Å². The normalized spacial score (nSPS) is 18.0. The van der Waals surface area contributed by atoms with Crippen molar-refractivity contribution < 1.29 is 9.18 Å². The lowest BCUT2D eigenvalue weighted by atomic mass is 10.0. The summed E-state index contributed by atoms with van der Waals surface area (Å²) in [4.78, 5) is 31.2. The number of nitrogens with zero attached hydrogens (tertiary/aromatic N) is 4. The van der Waals surface area contributed by atoms with Crippen molar-refractivity contribution in [3.8, 4) is 16.8 Å². The zero-order valence-corrected chi connectivity index (χ0v) is 18.6. The number of rotatable bonds is 5. The van der Waals surface area contributed by atoms with E-state index in [9.17, 15) is 9.59 Å². The number of fused-ring (bicyclic) bond motifs is 1. The number of carbonyl (C=O) groups is 1. The van der Waals surface area contributed by atoms with E-state index in [1.165, 1.54) is 10.6 Å². The van der Waals surface area contributed by atoms with Gasteiger partial charge in [0.1, 0.15) is 11.6 Å². The van der Waals surface area contributed by atoms with E-state index in [0.717, 1.165) is 47.8 Å². The summed E-state index contributed by atoms with van der Waals surface area (Å²) in [6, 6.07) is 14.5. The van der Waals surface area contributed by atoms with Gasteiger partial charge >= 0.3 is 5.69 Å². The zero-order chi connectivity index (χ0) is 23.2. The van der Waals surface area contributed by atoms with Crippen LogP contribution >= 0.6 is 0 Å². The van der Waals surface area contributed by atoms with Gasteiger partial charge in [0.05, 0.1) is 11.2 Å². The smallest absolute Gasteiger partial charge is 0.342 e. The molecular formula is C26H24FN5O2. The van der Waals surface area contributed by atoms with Gasteiger partial charge in [-0.15, -0.1) is 0 Å². The SMILES string of the molecule is O=C(C1CC1)N1CC[C@@H](Cc2n[nH]c(=O)n2-c2ccc(-c3ccc4ncccc4c3)cc2F)C1. The third-order valence-electron chi connectivity index (χ3n) is 6.86. The number of carbonyl (C=O) groups excluding carboxylic acids is 1. The lowest BCUT2D eigenvalue weighted by Gasteiger charge is -2.16. The first-order valence-electron chi connectivity index (χ1n) is 11.7. The van der Waals surface area contributed by atoms with Gasteiger partial charge in [0, 0.05) is 37.0 Å². The van der Waals surface area contributed by atoms with Crippen LogP contribution in [0.1, 0.15) is 25.1 Å². The molecule has 2 fully saturated rings. The van der Waals surface area contributed by atoms with Crippen molar-refractivity contribution in [2.45, 2.75) is 25.7 Å². The highest BCUT2D eigenvalue weighted by molar-refractivity contribution is 5.84. The molecule has 34 heavy (non-hydrogen) atoms. The predicted molar refractivity (Wildman–Crippen MR) is 126 cm³/mol. The van der Waals surface area contributed by atoms with Crippen LogP contribution in [0.3, 0.4) is 0 Å². The molecule has 8 heteroatoms. The van der Waals surface area contributed by atoms with Crippen molar-refractivity contribution in [1.29, 1.82) is 0 Å². The van der Waals surface area contributed by atoms with Crippen molar-refractivity contribution in [2.24, 2.45) is 11.8 Å². The summed E-state index contributed by atoms with van der Waals surface area (Å²) in [5, 5.41) is 7.62. The minimum Gasteiger partial charge on any atom is -0.342 e. The molecule has 2 aromatic carbocycles. The molecule has 1 saturated heterocycles. The third kappa shape index (κ3) is 3.79. The molecule has 0 radical (unpaired) electrons. The summed E-state index contributed by atoms with van der Waals surface area (Å²) in [5.74, 6) is 0.636. The average molecular weight is 458 g/mol. The molecular weight excluding hydrogens is 433 g/mol. The molecule has 2 aromatic heterocycles. The summed E-state index contributed by atoms with van der Waals surface area (Å²) >= 11 is 0. The lowest BCUT2D eigenvalue weighted by molar-refractivity contribution is -0.131. The summed E-state index contributed by atoms with van der Waals surface area (Å²) in [6.07, 6.45) is 5.09. The minimum absolute atomic E-state index is 0.170.